The minimum Gasteiger partial charge on any atom is -0.386 e. The van der Waals surface area contributed by atoms with Crippen LogP contribution < -0.4 is 5.32 Å². The number of halogens is 3. The van der Waals surface area contributed by atoms with Gasteiger partial charge in [0.25, 0.3) is 5.91 Å². The Morgan fingerprint density at radius 3 is 2.39 bits per heavy atom. The summed E-state index contributed by atoms with van der Waals surface area (Å²) in [5.41, 5.74) is -0.114. The van der Waals surface area contributed by atoms with Crippen molar-refractivity contribution in [2.75, 3.05) is 0 Å². The van der Waals surface area contributed by atoms with Crippen molar-refractivity contribution >= 4 is 5.91 Å². The van der Waals surface area contributed by atoms with E-state index in [1.807, 2.05) is 0 Å². The molecule has 23 heavy (non-hydrogen) atoms. The zero-order chi connectivity index (χ0) is 17.0. The van der Waals surface area contributed by atoms with Crippen molar-refractivity contribution in [2.45, 2.75) is 31.7 Å². The van der Waals surface area contributed by atoms with Gasteiger partial charge in [-0.15, -0.1) is 0 Å². The first-order valence-corrected chi connectivity index (χ1v) is 7.12. The molecule has 4 nitrogen and oxygen atoms in total. The normalized spacial score (nSPS) is 14.3. The molecule has 0 radical (unpaired) electrons. The van der Waals surface area contributed by atoms with Crippen LogP contribution in [-0.2, 0) is 6.18 Å². The van der Waals surface area contributed by atoms with E-state index in [4.69, 9.17) is 0 Å². The Morgan fingerprint density at radius 1 is 1.26 bits per heavy atom. The molecule has 7 heteroatoms. The molecule has 2 atom stereocenters. The van der Waals surface area contributed by atoms with Crippen molar-refractivity contribution in [3.05, 3.63) is 59.4 Å². The van der Waals surface area contributed by atoms with E-state index in [0.717, 1.165) is 12.1 Å². The topological polar surface area (TPSA) is 65.1 Å². The SMILES string of the molecule is CC[C@@H](NC(=O)c1ccc[nH]1)[C@@H](O)c1ccc(C(F)(F)F)cc1. The highest BCUT2D eigenvalue weighted by Gasteiger charge is 2.30. The van der Waals surface area contributed by atoms with Gasteiger partial charge in [0, 0.05) is 6.20 Å². The van der Waals surface area contributed by atoms with Gasteiger partial charge in [0.1, 0.15) is 5.69 Å². The lowest BCUT2D eigenvalue weighted by molar-refractivity contribution is -0.137. The van der Waals surface area contributed by atoms with Crippen LogP contribution in [0.5, 0.6) is 0 Å². The zero-order valence-electron chi connectivity index (χ0n) is 12.4. The standard InChI is InChI=1S/C16H17F3N2O2/c1-2-12(21-15(23)13-4-3-9-20-13)14(22)10-5-7-11(8-6-10)16(17,18)19/h3-9,12,14,20,22H,2H2,1H3,(H,21,23)/t12-,14+/m1/s1. The summed E-state index contributed by atoms with van der Waals surface area (Å²) in [7, 11) is 0. The van der Waals surface area contributed by atoms with Crippen molar-refractivity contribution in [3.63, 3.8) is 0 Å². The Labute approximate surface area is 131 Å². The van der Waals surface area contributed by atoms with Crippen LogP contribution in [0.3, 0.4) is 0 Å². The first-order valence-electron chi connectivity index (χ1n) is 7.12. The summed E-state index contributed by atoms with van der Waals surface area (Å²) in [5, 5.41) is 13.0. The second kappa shape index (κ2) is 6.87. The van der Waals surface area contributed by atoms with Gasteiger partial charge in [-0.2, -0.15) is 13.2 Å². The van der Waals surface area contributed by atoms with Gasteiger partial charge < -0.3 is 15.4 Å². The summed E-state index contributed by atoms with van der Waals surface area (Å²) in [5.74, 6) is -0.382. The minimum absolute atomic E-state index is 0.316. The summed E-state index contributed by atoms with van der Waals surface area (Å²) in [4.78, 5) is 14.7. The van der Waals surface area contributed by atoms with Gasteiger partial charge in [-0.25, -0.2) is 0 Å². The molecule has 0 aliphatic rings. The maximum atomic E-state index is 12.6. The van der Waals surface area contributed by atoms with Gasteiger partial charge in [-0.1, -0.05) is 19.1 Å². The van der Waals surface area contributed by atoms with Crippen LogP contribution in [0.15, 0.2) is 42.6 Å². The van der Waals surface area contributed by atoms with Crippen molar-refractivity contribution in [1.29, 1.82) is 0 Å². The number of alkyl halides is 3. The van der Waals surface area contributed by atoms with Crippen LogP contribution in [0.2, 0.25) is 0 Å². The number of amides is 1. The molecule has 1 amide bonds. The number of carbonyl (C=O) groups excluding carboxylic acids is 1. The van der Waals surface area contributed by atoms with E-state index in [2.05, 4.69) is 10.3 Å². The molecule has 0 bridgehead atoms. The fraction of sp³-hybridized carbons (Fsp3) is 0.312. The highest BCUT2D eigenvalue weighted by Crippen LogP contribution is 2.30. The summed E-state index contributed by atoms with van der Waals surface area (Å²) in [6, 6.07) is 6.92. The lowest BCUT2D eigenvalue weighted by Gasteiger charge is -2.23. The maximum Gasteiger partial charge on any atom is 0.416 e. The predicted molar refractivity (Wildman–Crippen MR) is 78.7 cm³/mol. The Hall–Kier alpha value is -2.28. The number of aromatic amines is 1. The van der Waals surface area contributed by atoms with Crippen LogP contribution in [0.4, 0.5) is 13.2 Å². The second-order valence-corrected chi connectivity index (χ2v) is 5.14. The molecule has 0 spiro atoms. The smallest absolute Gasteiger partial charge is 0.386 e. The summed E-state index contributed by atoms with van der Waals surface area (Å²) in [6.45, 7) is 1.77. The second-order valence-electron chi connectivity index (χ2n) is 5.14. The molecule has 0 saturated carbocycles. The molecular weight excluding hydrogens is 309 g/mol. The molecular formula is C16H17F3N2O2. The zero-order valence-corrected chi connectivity index (χ0v) is 12.4. The number of carbonyl (C=O) groups is 1. The molecule has 1 aromatic heterocycles. The predicted octanol–water partition coefficient (Wildman–Crippen LogP) is 3.28. The van der Waals surface area contributed by atoms with E-state index < -0.39 is 23.9 Å². The van der Waals surface area contributed by atoms with E-state index in [1.165, 1.54) is 12.1 Å². The van der Waals surface area contributed by atoms with Crippen molar-refractivity contribution in [2.24, 2.45) is 0 Å². The molecule has 3 N–H and O–H groups in total. The Kier molecular flexibility index (Phi) is 5.10. The van der Waals surface area contributed by atoms with E-state index in [-0.39, 0.29) is 5.91 Å². The molecule has 2 rings (SSSR count). The van der Waals surface area contributed by atoms with Crippen LogP contribution in [0.25, 0.3) is 0 Å². The minimum atomic E-state index is -4.42. The van der Waals surface area contributed by atoms with Gasteiger partial charge in [0.15, 0.2) is 0 Å². The quantitative estimate of drug-likeness (QED) is 0.789. The Bertz CT molecular complexity index is 636. The molecule has 0 unspecified atom stereocenters. The van der Waals surface area contributed by atoms with Crippen LogP contribution in [0, 0.1) is 0 Å². The fourth-order valence-corrected chi connectivity index (χ4v) is 2.22. The fourth-order valence-electron chi connectivity index (χ4n) is 2.22. The van der Waals surface area contributed by atoms with E-state index in [9.17, 15) is 23.1 Å². The molecule has 1 heterocycles. The number of benzene rings is 1. The van der Waals surface area contributed by atoms with Gasteiger partial charge in [-0.3, -0.25) is 4.79 Å². The molecule has 0 fully saturated rings. The number of aromatic nitrogens is 1. The largest absolute Gasteiger partial charge is 0.416 e. The average Bonchev–Trinajstić information content (AvgIpc) is 3.05. The number of hydrogen-bond donors (Lipinski definition) is 3. The van der Waals surface area contributed by atoms with Crippen LogP contribution in [-0.4, -0.2) is 22.0 Å². The average molecular weight is 326 g/mol. The summed E-state index contributed by atoms with van der Waals surface area (Å²) < 4.78 is 37.7. The maximum absolute atomic E-state index is 12.6. The number of aliphatic hydroxyl groups excluding tert-OH is 1. The van der Waals surface area contributed by atoms with Gasteiger partial charge in [-0.05, 0) is 36.2 Å². The molecule has 0 saturated heterocycles. The molecule has 1 aromatic carbocycles. The summed E-state index contributed by atoms with van der Waals surface area (Å²) in [6.07, 6.45) is -3.49. The number of rotatable bonds is 5. The van der Waals surface area contributed by atoms with E-state index in [0.29, 0.717) is 17.7 Å². The first-order chi connectivity index (χ1) is 10.8. The van der Waals surface area contributed by atoms with Gasteiger partial charge in [0.05, 0.1) is 17.7 Å². The van der Waals surface area contributed by atoms with Crippen LogP contribution in [0.1, 0.15) is 41.1 Å². The Balaban J connectivity index is 2.10. The molecule has 0 aliphatic carbocycles. The number of aliphatic hydroxyl groups is 1. The third-order valence-corrected chi connectivity index (χ3v) is 3.56. The van der Waals surface area contributed by atoms with Crippen molar-refractivity contribution < 1.29 is 23.1 Å². The lowest BCUT2D eigenvalue weighted by atomic mass is 9.99. The summed E-state index contributed by atoms with van der Waals surface area (Å²) >= 11 is 0. The third kappa shape index (κ3) is 4.13. The van der Waals surface area contributed by atoms with Crippen molar-refractivity contribution in [1.82, 2.24) is 10.3 Å². The van der Waals surface area contributed by atoms with E-state index >= 15 is 0 Å². The number of hydrogen-bond acceptors (Lipinski definition) is 2. The van der Waals surface area contributed by atoms with E-state index in [1.54, 1.807) is 25.3 Å². The van der Waals surface area contributed by atoms with Gasteiger partial charge in [0.2, 0.25) is 0 Å². The molecule has 2 aromatic rings. The van der Waals surface area contributed by atoms with Gasteiger partial charge >= 0.3 is 6.18 Å². The lowest BCUT2D eigenvalue weighted by Crippen LogP contribution is -2.39. The first kappa shape index (κ1) is 17.1. The third-order valence-electron chi connectivity index (χ3n) is 3.56. The Morgan fingerprint density at radius 2 is 1.91 bits per heavy atom. The number of H-pyrrole nitrogens is 1. The highest BCUT2D eigenvalue weighted by atomic mass is 19.4. The van der Waals surface area contributed by atoms with Crippen molar-refractivity contribution in [3.8, 4) is 0 Å². The number of nitrogens with one attached hydrogen (secondary N) is 2. The van der Waals surface area contributed by atoms with Crippen LogP contribution >= 0.6 is 0 Å². The molecule has 124 valence electrons. The highest BCUT2D eigenvalue weighted by molar-refractivity contribution is 5.92. The monoisotopic (exact) mass is 326 g/mol. The molecule has 0 aliphatic heterocycles.